The van der Waals surface area contributed by atoms with Gasteiger partial charge in [0.15, 0.2) is 11.5 Å². The molecule has 0 spiro atoms. The molecule has 1 aliphatic rings. The average molecular weight is 416 g/mol. The molecule has 2 aromatic rings. The van der Waals surface area contributed by atoms with E-state index in [2.05, 4.69) is 9.47 Å². The standard InChI is InChI=1S/C14H7ClF5NO4S/c15-8-5-4-7(13(16,17)18)6-11(8)26(22,23)21-9-2-1-3-10-12(9)25-14(19,20)24-10/h1-6,21H. The van der Waals surface area contributed by atoms with E-state index in [1.807, 2.05) is 4.72 Å². The largest absolute Gasteiger partial charge is 0.586 e. The van der Waals surface area contributed by atoms with Gasteiger partial charge in [-0.15, -0.1) is 8.78 Å². The van der Waals surface area contributed by atoms with Gasteiger partial charge in [0.2, 0.25) is 0 Å². The highest BCUT2D eigenvalue weighted by Gasteiger charge is 2.45. The van der Waals surface area contributed by atoms with Crippen LogP contribution >= 0.6 is 11.6 Å². The van der Waals surface area contributed by atoms with Crippen molar-refractivity contribution in [2.24, 2.45) is 0 Å². The van der Waals surface area contributed by atoms with E-state index in [0.717, 1.165) is 18.2 Å². The van der Waals surface area contributed by atoms with Gasteiger partial charge in [-0.25, -0.2) is 8.42 Å². The third-order valence-corrected chi connectivity index (χ3v) is 5.07. The zero-order valence-electron chi connectivity index (χ0n) is 12.3. The molecule has 12 heteroatoms. The maximum Gasteiger partial charge on any atom is 0.586 e. The van der Waals surface area contributed by atoms with E-state index in [4.69, 9.17) is 11.6 Å². The van der Waals surface area contributed by atoms with E-state index in [-0.39, 0.29) is 0 Å². The lowest BCUT2D eigenvalue weighted by molar-refractivity contribution is -0.286. The Morgan fingerprint density at radius 1 is 1.08 bits per heavy atom. The first-order chi connectivity index (χ1) is 11.9. The molecule has 140 valence electrons. The summed E-state index contributed by atoms with van der Waals surface area (Å²) in [5.74, 6) is -1.05. The molecule has 1 N–H and O–H groups in total. The SMILES string of the molecule is O=S(=O)(Nc1cccc2c1OC(F)(F)O2)c1cc(C(F)(F)F)ccc1Cl. The van der Waals surface area contributed by atoms with Crippen molar-refractivity contribution in [2.75, 3.05) is 4.72 Å². The molecule has 5 nitrogen and oxygen atoms in total. The van der Waals surface area contributed by atoms with Crippen molar-refractivity contribution in [1.82, 2.24) is 0 Å². The summed E-state index contributed by atoms with van der Waals surface area (Å²) in [6.07, 6.45) is -8.81. The lowest BCUT2D eigenvalue weighted by atomic mass is 10.2. The topological polar surface area (TPSA) is 64.6 Å². The number of nitrogens with one attached hydrogen (secondary N) is 1. The molecule has 0 saturated carbocycles. The third-order valence-electron chi connectivity index (χ3n) is 3.22. The summed E-state index contributed by atoms with van der Waals surface area (Å²) in [7, 11) is -4.65. The van der Waals surface area contributed by atoms with Crippen molar-refractivity contribution in [3.63, 3.8) is 0 Å². The molecule has 0 radical (unpaired) electrons. The van der Waals surface area contributed by atoms with E-state index in [1.165, 1.54) is 6.07 Å². The van der Waals surface area contributed by atoms with Crippen molar-refractivity contribution in [3.8, 4) is 11.5 Å². The maximum absolute atomic E-state index is 13.2. The van der Waals surface area contributed by atoms with Gasteiger partial charge < -0.3 is 9.47 Å². The molecule has 2 aromatic carbocycles. The van der Waals surface area contributed by atoms with Crippen LogP contribution in [0, 0.1) is 0 Å². The van der Waals surface area contributed by atoms with Gasteiger partial charge in [-0.2, -0.15) is 13.2 Å². The minimum absolute atomic E-state index is 0.333. The van der Waals surface area contributed by atoms with Gasteiger partial charge in [-0.3, -0.25) is 4.72 Å². The number of sulfonamides is 1. The summed E-state index contributed by atoms with van der Waals surface area (Å²) in [5.41, 5.74) is -1.69. The van der Waals surface area contributed by atoms with Crippen LogP contribution in [0.4, 0.5) is 27.6 Å². The van der Waals surface area contributed by atoms with Crippen LogP contribution in [0.2, 0.25) is 5.02 Å². The Morgan fingerprint density at radius 3 is 2.42 bits per heavy atom. The van der Waals surface area contributed by atoms with Crippen LogP contribution in [0.15, 0.2) is 41.3 Å². The minimum atomic E-state index is -4.80. The number of ether oxygens (including phenoxy) is 2. The Bertz CT molecular complexity index is 978. The van der Waals surface area contributed by atoms with Gasteiger partial charge in [0, 0.05) is 0 Å². The Morgan fingerprint density at radius 2 is 1.77 bits per heavy atom. The highest BCUT2D eigenvalue weighted by molar-refractivity contribution is 7.92. The van der Waals surface area contributed by atoms with Crippen molar-refractivity contribution in [1.29, 1.82) is 0 Å². The number of halogens is 6. The van der Waals surface area contributed by atoms with E-state index in [9.17, 15) is 30.4 Å². The summed E-state index contributed by atoms with van der Waals surface area (Å²) in [6.45, 7) is 0. The van der Waals surface area contributed by atoms with Gasteiger partial charge in [0.05, 0.1) is 16.3 Å². The number of para-hydroxylation sites is 1. The molecule has 0 aliphatic carbocycles. The summed E-state index contributed by atoms with van der Waals surface area (Å²) < 4.78 is 99.8. The number of fused-ring (bicyclic) bond motifs is 1. The number of hydrogen-bond acceptors (Lipinski definition) is 4. The van der Waals surface area contributed by atoms with Crippen molar-refractivity contribution >= 4 is 27.3 Å². The van der Waals surface area contributed by atoms with E-state index in [0.29, 0.717) is 12.1 Å². The summed E-state index contributed by atoms with van der Waals surface area (Å²) in [6, 6.07) is 5.07. The Labute approximate surface area is 148 Å². The van der Waals surface area contributed by atoms with Crippen LogP contribution in [0.1, 0.15) is 5.56 Å². The van der Waals surface area contributed by atoms with Gasteiger partial charge in [-0.05, 0) is 30.3 Å². The molecule has 0 bridgehead atoms. The fourth-order valence-electron chi connectivity index (χ4n) is 2.13. The Balaban J connectivity index is 2.01. The molecule has 0 atom stereocenters. The van der Waals surface area contributed by atoms with Crippen LogP contribution in [0.5, 0.6) is 11.5 Å². The summed E-state index contributed by atoms with van der Waals surface area (Å²) >= 11 is 5.70. The van der Waals surface area contributed by atoms with Crippen molar-refractivity contribution in [2.45, 2.75) is 17.4 Å². The number of hydrogen-bond donors (Lipinski definition) is 1. The molecular weight excluding hydrogens is 409 g/mol. The average Bonchev–Trinajstić information content (AvgIpc) is 2.81. The monoisotopic (exact) mass is 415 g/mol. The molecule has 26 heavy (non-hydrogen) atoms. The molecule has 3 rings (SSSR count). The second kappa shape index (κ2) is 5.88. The zero-order valence-corrected chi connectivity index (χ0v) is 13.8. The van der Waals surface area contributed by atoms with Gasteiger partial charge in [-0.1, -0.05) is 17.7 Å². The molecule has 0 fully saturated rings. The lowest BCUT2D eigenvalue weighted by Crippen LogP contribution is -2.26. The van der Waals surface area contributed by atoms with Gasteiger partial charge in [0.1, 0.15) is 4.90 Å². The lowest BCUT2D eigenvalue weighted by Gasteiger charge is -2.13. The summed E-state index contributed by atoms with van der Waals surface area (Å²) in [5, 5.41) is -0.486. The molecule has 0 amide bonds. The smallest absolute Gasteiger partial charge is 0.395 e. The first-order valence-corrected chi connectivity index (χ1v) is 8.54. The minimum Gasteiger partial charge on any atom is -0.395 e. The number of benzene rings is 2. The second-order valence-corrected chi connectivity index (χ2v) is 7.11. The first kappa shape index (κ1) is 18.5. The molecule has 0 aromatic heterocycles. The van der Waals surface area contributed by atoms with Gasteiger partial charge in [0.25, 0.3) is 10.0 Å². The predicted octanol–water partition coefficient (Wildman–Crippen LogP) is 4.48. The van der Waals surface area contributed by atoms with E-state index < -0.39 is 55.2 Å². The molecule has 1 aliphatic heterocycles. The van der Waals surface area contributed by atoms with Crippen LogP contribution in [-0.2, 0) is 16.2 Å². The quantitative estimate of drug-likeness (QED) is 0.751. The van der Waals surface area contributed by atoms with E-state index >= 15 is 0 Å². The third kappa shape index (κ3) is 3.49. The Hall–Kier alpha value is -2.27. The van der Waals surface area contributed by atoms with Crippen molar-refractivity contribution in [3.05, 3.63) is 47.0 Å². The number of anilines is 1. The number of alkyl halides is 5. The van der Waals surface area contributed by atoms with Gasteiger partial charge >= 0.3 is 12.5 Å². The van der Waals surface area contributed by atoms with Crippen LogP contribution in [0.25, 0.3) is 0 Å². The second-order valence-electron chi connectivity index (χ2n) is 5.05. The fraction of sp³-hybridized carbons (Fsp3) is 0.143. The molecule has 0 saturated heterocycles. The fourth-order valence-corrected chi connectivity index (χ4v) is 3.72. The van der Waals surface area contributed by atoms with Crippen LogP contribution < -0.4 is 14.2 Å². The highest BCUT2D eigenvalue weighted by atomic mass is 35.5. The first-order valence-electron chi connectivity index (χ1n) is 6.67. The Kier molecular flexibility index (Phi) is 4.19. The van der Waals surface area contributed by atoms with E-state index in [1.54, 1.807) is 0 Å². The summed E-state index contributed by atoms with van der Waals surface area (Å²) in [4.78, 5) is -0.878. The van der Waals surface area contributed by atoms with Crippen LogP contribution in [0.3, 0.4) is 0 Å². The number of rotatable bonds is 3. The zero-order chi connectivity index (χ0) is 19.3. The molecule has 0 unspecified atom stereocenters. The highest BCUT2D eigenvalue weighted by Crippen LogP contribution is 2.46. The van der Waals surface area contributed by atoms with Crippen LogP contribution in [-0.4, -0.2) is 14.7 Å². The molecule has 1 heterocycles. The van der Waals surface area contributed by atoms with Crippen molar-refractivity contribution < 1.29 is 39.8 Å². The molecular formula is C14H7ClF5NO4S. The normalized spacial score (nSPS) is 15.8. The maximum atomic E-state index is 13.2. The predicted molar refractivity (Wildman–Crippen MR) is 79.9 cm³/mol.